The van der Waals surface area contributed by atoms with Crippen molar-refractivity contribution in [1.82, 2.24) is 4.57 Å². The van der Waals surface area contributed by atoms with E-state index < -0.39 is 78.6 Å². The zero-order valence-electron chi connectivity index (χ0n) is 66.0. The highest BCUT2D eigenvalue weighted by Crippen LogP contribution is 2.56. The maximum atomic E-state index is 9.83. The molecule has 1 aromatic heterocycles. The molecule has 1 aliphatic carbocycles. The van der Waals surface area contributed by atoms with Crippen molar-refractivity contribution in [3.63, 3.8) is 0 Å². The molecule has 0 atom stereocenters. The molecule has 0 fully saturated rings. The predicted molar refractivity (Wildman–Crippen MR) is 404 cm³/mol. The zero-order valence-corrected chi connectivity index (χ0v) is 53.0. The minimum absolute atomic E-state index is 0.0210. The number of benzene rings is 14. The highest BCUT2D eigenvalue weighted by molar-refractivity contribution is 7.00. The molecule has 15 aromatic rings. The van der Waals surface area contributed by atoms with Gasteiger partial charge in [0.25, 0.3) is 6.71 Å². The first-order valence-electron chi connectivity index (χ1n) is 38.9. The van der Waals surface area contributed by atoms with Crippen LogP contribution in [0.4, 0.5) is 34.1 Å². The Labute approximate surface area is 575 Å². The molecule has 0 N–H and O–H groups in total. The van der Waals surface area contributed by atoms with Crippen LogP contribution in [0.5, 0.6) is 0 Å². The largest absolute Gasteiger partial charge is 0.311 e. The molecule has 0 radical (unpaired) electrons. The van der Waals surface area contributed by atoms with E-state index in [0.29, 0.717) is 22.6 Å². The van der Waals surface area contributed by atoms with Gasteiger partial charge < -0.3 is 14.4 Å². The second-order valence-electron chi connectivity index (χ2n) is 26.6. The van der Waals surface area contributed by atoms with Gasteiger partial charge in [-0.1, -0.05) is 283 Å². The minimum atomic E-state index is -0.682. The molecule has 4 heteroatoms. The third kappa shape index (κ3) is 9.03. The SMILES string of the molecule is [2H]c1c([2H])c([2H])c(-c2ccc3c(c2)N(c2cc(-c4ccccc4)cc(-c4ccccc4)c2)c2cc(-c4cccc5c4-c4ccccc4C5(C)C)cc4c2B3c2ccc(-n3c5c([2H])c([2H])c([2H])c([2H])c5c5c([2H])c([2H])c([2H])c([2H])c53)cc2N4c2c(-c3ccccc3)cc(C(C)(C)C)cc2-c2ccccc2)c([2H])c1[2H]. The van der Waals surface area contributed by atoms with Crippen molar-refractivity contribution in [3.05, 3.63) is 338 Å². The topological polar surface area (TPSA) is 11.4 Å². The minimum Gasteiger partial charge on any atom is -0.311 e. The number of aromatic nitrogens is 1. The Morgan fingerprint density at radius 2 is 0.842 bits per heavy atom. The number of fused-ring (bicyclic) bond motifs is 10. The Hall–Kier alpha value is -11.5. The standard InChI is InChI=1S/C91H68BN3/c1-90(2,3)68-56-75(62-34-17-9-18-35-62)89(76(57-68)63-36-19-10-20-37-63)95-84-58-69(93-81-44-25-22-38-72(81)73-39-23-26-45-82(73)93)47-49-80(84)92-79-48-46-64(59-28-11-6-12-29-59)53-83(79)94(70-51-65(60-30-13-7-14-31-60)50-66(52-70)61-32-15-8-16-33-61)85-54-67(55-86(95)88(85)92)71-41-27-43-78-87(71)74-40-21-24-42-77(74)91(78,4)5/h6-58H,1-5H3/i6D,11D,12D,22D,23D,25D,26D,28D,29D,38D,39D,44D,45D. The van der Waals surface area contributed by atoms with Crippen molar-refractivity contribution in [3.8, 4) is 83.6 Å². The number of para-hydroxylation sites is 2. The van der Waals surface area contributed by atoms with Gasteiger partial charge in [0.15, 0.2) is 0 Å². The molecule has 0 saturated heterocycles. The summed E-state index contributed by atoms with van der Waals surface area (Å²) in [6, 6.07) is 78.2. The fourth-order valence-electron chi connectivity index (χ4n) is 15.3. The highest BCUT2D eigenvalue weighted by Gasteiger charge is 2.46. The molecule has 3 heterocycles. The maximum absolute atomic E-state index is 9.83. The summed E-state index contributed by atoms with van der Waals surface area (Å²) in [5.41, 5.74) is 21.8. The maximum Gasteiger partial charge on any atom is 0.252 e. The third-order valence-corrected chi connectivity index (χ3v) is 19.8. The second-order valence-corrected chi connectivity index (χ2v) is 26.6. The molecule has 14 aromatic carbocycles. The van der Waals surface area contributed by atoms with Crippen molar-refractivity contribution >= 4 is 79.0 Å². The van der Waals surface area contributed by atoms with E-state index in [4.69, 9.17) is 6.85 Å². The van der Waals surface area contributed by atoms with Crippen LogP contribution in [0.15, 0.2) is 321 Å². The summed E-state index contributed by atoms with van der Waals surface area (Å²) in [6.45, 7) is 10.5. The Kier molecular flexibility index (Phi) is 10.1. The molecule has 0 unspecified atom stereocenters. The Balaban J connectivity index is 1.06. The number of anilines is 6. The lowest BCUT2D eigenvalue weighted by Crippen LogP contribution is -2.61. The third-order valence-electron chi connectivity index (χ3n) is 19.8. The molecular weight excluding hydrogens is 1150 g/mol. The van der Waals surface area contributed by atoms with Gasteiger partial charge in [-0.15, -0.1) is 0 Å². The van der Waals surface area contributed by atoms with Gasteiger partial charge in [-0.2, -0.15) is 0 Å². The molecule has 2 aliphatic heterocycles. The Morgan fingerprint density at radius 3 is 1.44 bits per heavy atom. The summed E-state index contributed by atoms with van der Waals surface area (Å²) in [5, 5.41) is -0.0911. The molecule has 3 aliphatic rings. The van der Waals surface area contributed by atoms with E-state index in [1.165, 1.54) is 5.56 Å². The van der Waals surface area contributed by atoms with E-state index in [1.807, 2.05) is 109 Å². The zero-order chi connectivity index (χ0) is 75.0. The summed E-state index contributed by atoms with van der Waals surface area (Å²) in [6.07, 6.45) is 0. The van der Waals surface area contributed by atoms with Crippen LogP contribution in [-0.2, 0) is 10.8 Å². The number of hydrogen-bond acceptors (Lipinski definition) is 2. The molecule has 0 amide bonds. The van der Waals surface area contributed by atoms with Gasteiger partial charge in [-0.3, -0.25) is 0 Å². The van der Waals surface area contributed by atoms with E-state index >= 15 is 0 Å². The van der Waals surface area contributed by atoms with Crippen LogP contribution in [0.25, 0.3) is 105 Å². The predicted octanol–water partition coefficient (Wildman–Crippen LogP) is 22.5. The number of hydrogen-bond donors (Lipinski definition) is 0. The van der Waals surface area contributed by atoms with E-state index in [9.17, 15) is 11.0 Å². The lowest BCUT2D eigenvalue weighted by Gasteiger charge is -2.45. The van der Waals surface area contributed by atoms with Crippen LogP contribution in [0, 0.1) is 0 Å². The lowest BCUT2D eigenvalue weighted by atomic mass is 9.33. The summed E-state index contributed by atoms with van der Waals surface area (Å²) >= 11 is 0. The van der Waals surface area contributed by atoms with Gasteiger partial charge in [0, 0.05) is 61.4 Å². The van der Waals surface area contributed by atoms with Crippen molar-refractivity contribution in [1.29, 1.82) is 0 Å². The van der Waals surface area contributed by atoms with Crippen LogP contribution >= 0.6 is 0 Å². The van der Waals surface area contributed by atoms with E-state index in [1.54, 1.807) is 4.57 Å². The van der Waals surface area contributed by atoms with E-state index in [-0.39, 0.29) is 44.9 Å². The molecule has 95 heavy (non-hydrogen) atoms. The molecule has 0 bridgehead atoms. The molecule has 0 saturated carbocycles. The van der Waals surface area contributed by atoms with Gasteiger partial charge in [-0.05, 0) is 178 Å². The first-order valence-corrected chi connectivity index (χ1v) is 32.4. The summed E-state index contributed by atoms with van der Waals surface area (Å²) in [5.74, 6) is 0. The first-order chi connectivity index (χ1) is 51.9. The fraction of sp³-hybridized carbons (Fsp3) is 0.0769. The average Bonchev–Trinajstić information content (AvgIpc) is 0.747. The quantitative estimate of drug-likeness (QED) is 0.133. The van der Waals surface area contributed by atoms with Crippen molar-refractivity contribution in [2.75, 3.05) is 9.80 Å². The Morgan fingerprint density at radius 1 is 0.347 bits per heavy atom. The average molecular weight is 1230 g/mol. The molecular formula is C91H68BN3. The van der Waals surface area contributed by atoms with Gasteiger partial charge in [-0.25, -0.2) is 0 Å². The molecule has 0 spiro atoms. The number of rotatable bonds is 9. The van der Waals surface area contributed by atoms with Crippen molar-refractivity contribution in [2.24, 2.45) is 0 Å². The van der Waals surface area contributed by atoms with Crippen LogP contribution in [0.2, 0.25) is 0 Å². The lowest BCUT2D eigenvalue weighted by molar-refractivity contribution is 0.591. The smallest absolute Gasteiger partial charge is 0.252 e. The van der Waals surface area contributed by atoms with Crippen LogP contribution in [0.3, 0.4) is 0 Å². The van der Waals surface area contributed by atoms with Gasteiger partial charge in [0.05, 0.1) is 34.5 Å². The van der Waals surface area contributed by atoms with Crippen LogP contribution in [0.1, 0.15) is 69.1 Å². The van der Waals surface area contributed by atoms with Gasteiger partial charge in [0.1, 0.15) is 0 Å². The molecule has 3 nitrogen and oxygen atoms in total. The van der Waals surface area contributed by atoms with E-state index in [0.717, 1.165) is 117 Å². The Bertz CT molecular complexity index is 6150. The summed E-state index contributed by atoms with van der Waals surface area (Å²) < 4.78 is 123. The first kappa shape index (κ1) is 44.2. The molecule has 450 valence electrons. The summed E-state index contributed by atoms with van der Waals surface area (Å²) in [7, 11) is 0. The highest BCUT2D eigenvalue weighted by atomic mass is 15.2. The van der Waals surface area contributed by atoms with E-state index in [2.05, 4.69) is 178 Å². The summed E-state index contributed by atoms with van der Waals surface area (Å²) in [4.78, 5) is 4.68. The van der Waals surface area contributed by atoms with Crippen LogP contribution in [-0.4, -0.2) is 11.3 Å². The van der Waals surface area contributed by atoms with Crippen molar-refractivity contribution < 1.29 is 17.8 Å². The van der Waals surface area contributed by atoms with Gasteiger partial charge in [0.2, 0.25) is 0 Å². The normalized spacial score (nSPS) is 15.3. The number of nitrogens with zero attached hydrogens (tertiary/aromatic N) is 3. The second kappa shape index (κ2) is 21.8. The van der Waals surface area contributed by atoms with Crippen molar-refractivity contribution in [2.45, 2.75) is 45.4 Å². The van der Waals surface area contributed by atoms with Gasteiger partial charge >= 0.3 is 0 Å². The molecule has 18 rings (SSSR count). The van der Waals surface area contributed by atoms with Crippen LogP contribution < -0.4 is 26.2 Å². The monoisotopic (exact) mass is 1230 g/mol. The fourth-order valence-corrected chi connectivity index (χ4v) is 15.3.